The van der Waals surface area contributed by atoms with Crippen LogP contribution in [0.1, 0.15) is 33.0 Å². The van der Waals surface area contributed by atoms with Gasteiger partial charge in [-0.3, -0.25) is 0 Å². The summed E-state index contributed by atoms with van der Waals surface area (Å²) in [6, 6.07) is 3.06. The van der Waals surface area contributed by atoms with E-state index in [4.69, 9.17) is 9.15 Å². The van der Waals surface area contributed by atoms with Gasteiger partial charge in [-0.05, 0) is 38.9 Å². The summed E-state index contributed by atoms with van der Waals surface area (Å²) in [6.45, 7) is 7.79. The van der Waals surface area contributed by atoms with E-state index in [0.717, 1.165) is 13.0 Å². The molecule has 0 radical (unpaired) electrons. The number of furan rings is 1. The fraction of sp³-hybridized carbons (Fsp3) is 0.714. The van der Waals surface area contributed by atoms with E-state index in [-0.39, 0.29) is 11.1 Å². The van der Waals surface area contributed by atoms with Crippen LogP contribution in [0.15, 0.2) is 21.6 Å². The third-order valence-corrected chi connectivity index (χ3v) is 4.97. The molecule has 7 heteroatoms. The van der Waals surface area contributed by atoms with E-state index in [2.05, 4.69) is 12.2 Å². The molecule has 21 heavy (non-hydrogen) atoms. The molecule has 1 aromatic heterocycles. The highest BCUT2D eigenvalue weighted by atomic mass is 32.2. The first-order valence-corrected chi connectivity index (χ1v) is 8.67. The maximum Gasteiger partial charge on any atom is 0.276 e. The van der Waals surface area contributed by atoms with Crippen molar-refractivity contribution in [1.29, 1.82) is 0 Å². The van der Waals surface area contributed by atoms with Crippen molar-refractivity contribution in [3.05, 3.63) is 17.9 Å². The summed E-state index contributed by atoms with van der Waals surface area (Å²) >= 11 is 0. The maximum absolute atomic E-state index is 12.6. The highest BCUT2D eigenvalue weighted by Crippen LogP contribution is 2.20. The first-order valence-electron chi connectivity index (χ1n) is 7.23. The summed E-state index contributed by atoms with van der Waals surface area (Å²) < 4.78 is 37.0. The fourth-order valence-electron chi connectivity index (χ4n) is 1.93. The van der Waals surface area contributed by atoms with E-state index >= 15 is 0 Å². The third kappa shape index (κ3) is 5.10. The van der Waals surface area contributed by atoms with Crippen molar-refractivity contribution in [1.82, 2.24) is 9.62 Å². The lowest BCUT2D eigenvalue weighted by Crippen LogP contribution is -2.39. The number of ether oxygens (including phenoxy) is 1. The van der Waals surface area contributed by atoms with Crippen molar-refractivity contribution in [2.45, 2.75) is 44.9 Å². The van der Waals surface area contributed by atoms with E-state index in [0.29, 0.717) is 25.5 Å². The van der Waals surface area contributed by atoms with Crippen molar-refractivity contribution >= 4 is 10.0 Å². The zero-order valence-electron chi connectivity index (χ0n) is 13.3. The Kier molecular flexibility index (Phi) is 7.37. The molecule has 0 fully saturated rings. The number of rotatable bonds is 10. The molecule has 0 bridgehead atoms. The summed E-state index contributed by atoms with van der Waals surface area (Å²) in [5, 5.41) is 3.17. The summed E-state index contributed by atoms with van der Waals surface area (Å²) in [5.74, 6) is 0.623. The van der Waals surface area contributed by atoms with Crippen LogP contribution in [0.25, 0.3) is 0 Å². The third-order valence-electron chi connectivity index (χ3n) is 3.02. The van der Waals surface area contributed by atoms with Gasteiger partial charge >= 0.3 is 0 Å². The van der Waals surface area contributed by atoms with E-state index in [1.165, 1.54) is 10.4 Å². The molecule has 1 aromatic rings. The Morgan fingerprint density at radius 1 is 1.38 bits per heavy atom. The standard InChI is InChI=1S/C14H26N2O4S/c1-5-8-15-11-13-6-7-14(20-13)21(17,18)16(12(2)3)9-10-19-4/h6-7,12,15H,5,8-11H2,1-4H3. The second-order valence-corrected chi connectivity index (χ2v) is 6.92. The first-order chi connectivity index (χ1) is 9.93. The molecule has 0 saturated heterocycles. The summed E-state index contributed by atoms with van der Waals surface area (Å²) in [7, 11) is -2.07. The highest BCUT2D eigenvalue weighted by molar-refractivity contribution is 7.89. The van der Waals surface area contributed by atoms with E-state index in [1.807, 2.05) is 13.8 Å². The smallest absolute Gasteiger partial charge is 0.276 e. The Morgan fingerprint density at radius 3 is 2.67 bits per heavy atom. The van der Waals surface area contributed by atoms with Crippen LogP contribution in [0, 0.1) is 0 Å². The van der Waals surface area contributed by atoms with Gasteiger partial charge in [0.2, 0.25) is 5.09 Å². The molecule has 0 aromatic carbocycles. The fourth-order valence-corrected chi connectivity index (χ4v) is 3.49. The second kappa shape index (κ2) is 8.53. The van der Waals surface area contributed by atoms with Gasteiger partial charge in [0.1, 0.15) is 5.76 Å². The van der Waals surface area contributed by atoms with Crippen molar-refractivity contribution in [2.75, 3.05) is 26.8 Å². The minimum atomic E-state index is -3.62. The molecule has 0 aliphatic rings. The van der Waals surface area contributed by atoms with Gasteiger partial charge < -0.3 is 14.5 Å². The van der Waals surface area contributed by atoms with Crippen LogP contribution in [0.3, 0.4) is 0 Å². The SMILES string of the molecule is CCCNCc1ccc(S(=O)(=O)N(CCOC)C(C)C)o1. The van der Waals surface area contributed by atoms with Gasteiger partial charge in [-0.15, -0.1) is 0 Å². The molecule has 1 heterocycles. The largest absolute Gasteiger partial charge is 0.447 e. The van der Waals surface area contributed by atoms with E-state index in [1.54, 1.807) is 13.2 Å². The molecular weight excluding hydrogens is 292 g/mol. The molecule has 0 aliphatic heterocycles. The van der Waals surface area contributed by atoms with Gasteiger partial charge in [0.25, 0.3) is 10.0 Å². The van der Waals surface area contributed by atoms with E-state index in [9.17, 15) is 8.42 Å². The van der Waals surface area contributed by atoms with Crippen LogP contribution < -0.4 is 5.32 Å². The molecule has 0 unspecified atom stereocenters. The Bertz CT molecular complexity index is 511. The van der Waals surface area contributed by atoms with Gasteiger partial charge in [0, 0.05) is 19.7 Å². The van der Waals surface area contributed by atoms with Crippen molar-refractivity contribution in [3.8, 4) is 0 Å². The molecule has 0 amide bonds. The monoisotopic (exact) mass is 318 g/mol. The van der Waals surface area contributed by atoms with Crippen LogP contribution in [0.5, 0.6) is 0 Å². The Hall–Kier alpha value is -0.890. The molecule has 0 atom stereocenters. The van der Waals surface area contributed by atoms with Crippen LogP contribution >= 0.6 is 0 Å². The molecule has 6 nitrogen and oxygen atoms in total. The van der Waals surface area contributed by atoms with Crippen LogP contribution in [-0.4, -0.2) is 45.6 Å². The molecule has 1 N–H and O–H groups in total. The predicted octanol–water partition coefficient (Wildman–Crippen LogP) is 1.82. The molecular formula is C14H26N2O4S. The summed E-state index contributed by atoms with van der Waals surface area (Å²) in [6.07, 6.45) is 1.02. The Morgan fingerprint density at radius 2 is 2.10 bits per heavy atom. The van der Waals surface area contributed by atoms with Crippen LogP contribution in [0.4, 0.5) is 0 Å². The number of sulfonamides is 1. The highest BCUT2D eigenvalue weighted by Gasteiger charge is 2.29. The minimum absolute atomic E-state index is 0.0133. The lowest BCUT2D eigenvalue weighted by atomic mass is 10.4. The average molecular weight is 318 g/mol. The Balaban J connectivity index is 2.84. The average Bonchev–Trinajstić information content (AvgIpc) is 2.88. The molecule has 0 spiro atoms. The Labute approximate surface area is 127 Å². The predicted molar refractivity (Wildman–Crippen MR) is 81.6 cm³/mol. The normalized spacial score (nSPS) is 12.5. The number of hydrogen-bond donors (Lipinski definition) is 1. The number of nitrogens with one attached hydrogen (secondary N) is 1. The summed E-state index contributed by atoms with van der Waals surface area (Å²) in [4.78, 5) is 0. The molecule has 122 valence electrons. The lowest BCUT2D eigenvalue weighted by Gasteiger charge is -2.24. The second-order valence-electron chi connectivity index (χ2n) is 5.10. The topological polar surface area (TPSA) is 71.8 Å². The number of hydrogen-bond acceptors (Lipinski definition) is 5. The summed E-state index contributed by atoms with van der Waals surface area (Å²) in [5.41, 5.74) is 0. The lowest BCUT2D eigenvalue weighted by molar-refractivity contribution is 0.169. The van der Waals surface area contributed by atoms with Crippen molar-refractivity contribution in [2.24, 2.45) is 0 Å². The van der Waals surface area contributed by atoms with Crippen molar-refractivity contribution < 1.29 is 17.6 Å². The van der Waals surface area contributed by atoms with Crippen molar-refractivity contribution in [3.63, 3.8) is 0 Å². The zero-order valence-corrected chi connectivity index (χ0v) is 14.1. The zero-order chi connectivity index (χ0) is 15.9. The number of methoxy groups -OCH3 is 1. The maximum atomic E-state index is 12.6. The minimum Gasteiger partial charge on any atom is -0.447 e. The van der Waals surface area contributed by atoms with E-state index < -0.39 is 10.0 Å². The molecule has 1 rings (SSSR count). The van der Waals surface area contributed by atoms with Gasteiger partial charge in [-0.2, -0.15) is 4.31 Å². The van der Waals surface area contributed by atoms with Crippen LogP contribution in [-0.2, 0) is 21.3 Å². The number of nitrogens with zero attached hydrogens (tertiary/aromatic N) is 1. The van der Waals surface area contributed by atoms with Gasteiger partial charge in [-0.1, -0.05) is 6.92 Å². The first kappa shape index (κ1) is 18.2. The van der Waals surface area contributed by atoms with Gasteiger partial charge in [-0.25, -0.2) is 8.42 Å². The molecule has 0 aliphatic carbocycles. The molecule has 0 saturated carbocycles. The van der Waals surface area contributed by atoms with Gasteiger partial charge in [0.05, 0.1) is 13.2 Å². The quantitative estimate of drug-likeness (QED) is 0.666. The van der Waals surface area contributed by atoms with Gasteiger partial charge in [0.15, 0.2) is 0 Å². The van der Waals surface area contributed by atoms with Crippen LogP contribution in [0.2, 0.25) is 0 Å².